The molecule has 6 heteroatoms. The van der Waals surface area contributed by atoms with Gasteiger partial charge in [0.25, 0.3) is 0 Å². The zero-order chi connectivity index (χ0) is 15.1. The molecular weight excluding hydrogens is 268 g/mol. The summed E-state index contributed by atoms with van der Waals surface area (Å²) in [5.74, 6) is -0.0631. The fraction of sp³-hybridized carbons (Fsp3) is 0.467. The van der Waals surface area contributed by atoms with E-state index in [4.69, 9.17) is 5.73 Å². The zero-order valence-corrected chi connectivity index (χ0v) is 12.3. The minimum atomic E-state index is -0.551. The van der Waals surface area contributed by atoms with Gasteiger partial charge in [-0.1, -0.05) is 6.07 Å². The first kappa shape index (κ1) is 13.9. The summed E-state index contributed by atoms with van der Waals surface area (Å²) in [4.78, 5) is 26.9. The maximum absolute atomic E-state index is 11.9. The number of nitrogens with one attached hydrogen (secondary N) is 1. The van der Waals surface area contributed by atoms with Crippen LogP contribution in [0, 0.1) is 0 Å². The normalized spacial score (nSPS) is 24.4. The van der Waals surface area contributed by atoms with Crippen molar-refractivity contribution in [3.8, 4) is 0 Å². The van der Waals surface area contributed by atoms with Crippen molar-refractivity contribution >= 4 is 23.2 Å². The van der Waals surface area contributed by atoms with E-state index in [-0.39, 0.29) is 17.9 Å². The average molecular weight is 288 g/mol. The number of nitrogens with two attached hydrogens (primary N) is 1. The van der Waals surface area contributed by atoms with Crippen molar-refractivity contribution in [2.45, 2.75) is 25.4 Å². The van der Waals surface area contributed by atoms with Crippen molar-refractivity contribution < 1.29 is 9.59 Å². The molecule has 6 nitrogen and oxygen atoms in total. The molecule has 1 saturated heterocycles. The first-order valence-electron chi connectivity index (χ1n) is 7.16. The topological polar surface area (TPSA) is 78.7 Å². The molecular formula is C15H20N4O2. The van der Waals surface area contributed by atoms with Crippen LogP contribution in [0.2, 0.25) is 0 Å². The lowest BCUT2D eigenvalue weighted by atomic mass is 10.1. The zero-order valence-electron chi connectivity index (χ0n) is 12.3. The van der Waals surface area contributed by atoms with Crippen molar-refractivity contribution in [2.75, 3.05) is 29.9 Å². The van der Waals surface area contributed by atoms with E-state index in [2.05, 4.69) is 10.2 Å². The van der Waals surface area contributed by atoms with Gasteiger partial charge in [0, 0.05) is 44.4 Å². The van der Waals surface area contributed by atoms with Crippen LogP contribution in [0.4, 0.5) is 11.4 Å². The maximum Gasteiger partial charge on any atom is 0.248 e. The van der Waals surface area contributed by atoms with E-state index in [1.54, 1.807) is 18.9 Å². The lowest BCUT2D eigenvalue weighted by Crippen LogP contribution is -2.35. The number of amides is 2. The Hall–Kier alpha value is -2.08. The highest BCUT2D eigenvalue weighted by Crippen LogP contribution is 2.36. The molecule has 0 spiro atoms. The largest absolute Gasteiger partial charge is 0.369 e. The van der Waals surface area contributed by atoms with Crippen LogP contribution in [-0.2, 0) is 9.59 Å². The highest BCUT2D eigenvalue weighted by atomic mass is 16.2. The third-order valence-corrected chi connectivity index (χ3v) is 4.27. The molecule has 2 amide bonds. The Morgan fingerprint density at radius 3 is 2.90 bits per heavy atom. The number of carbonyl (C=O) groups excluding carboxylic acids is 2. The molecule has 112 valence electrons. The van der Waals surface area contributed by atoms with Crippen LogP contribution >= 0.6 is 0 Å². The van der Waals surface area contributed by atoms with Crippen molar-refractivity contribution in [3.05, 3.63) is 23.8 Å². The van der Waals surface area contributed by atoms with E-state index in [0.717, 1.165) is 36.4 Å². The van der Waals surface area contributed by atoms with Crippen molar-refractivity contribution in [2.24, 2.45) is 5.73 Å². The smallest absolute Gasteiger partial charge is 0.248 e. The summed E-state index contributed by atoms with van der Waals surface area (Å²) in [6.45, 7) is 3.23. The number of anilines is 2. The van der Waals surface area contributed by atoms with Gasteiger partial charge >= 0.3 is 0 Å². The number of fused-ring (bicyclic) bond motifs is 1. The Bertz CT molecular complexity index is 601. The van der Waals surface area contributed by atoms with Gasteiger partial charge in [0.05, 0.1) is 5.69 Å². The van der Waals surface area contributed by atoms with Crippen LogP contribution in [0.3, 0.4) is 0 Å². The van der Waals surface area contributed by atoms with Gasteiger partial charge in [-0.05, 0) is 18.6 Å². The summed E-state index contributed by atoms with van der Waals surface area (Å²) in [5, 5.41) is 2.95. The van der Waals surface area contributed by atoms with E-state index < -0.39 is 6.04 Å². The molecule has 21 heavy (non-hydrogen) atoms. The number of nitrogens with zero attached hydrogens (tertiary/aromatic N) is 2. The lowest BCUT2D eigenvalue weighted by Gasteiger charge is -2.21. The second kappa shape index (κ2) is 5.04. The van der Waals surface area contributed by atoms with Crippen molar-refractivity contribution in [3.63, 3.8) is 0 Å². The summed E-state index contributed by atoms with van der Waals surface area (Å²) in [5.41, 5.74) is 8.73. The first-order chi connectivity index (χ1) is 9.97. The van der Waals surface area contributed by atoms with Crippen LogP contribution in [0.25, 0.3) is 0 Å². The average Bonchev–Trinajstić information content (AvgIpc) is 2.98. The van der Waals surface area contributed by atoms with E-state index in [0.29, 0.717) is 0 Å². The van der Waals surface area contributed by atoms with E-state index >= 15 is 0 Å². The Morgan fingerprint density at radius 1 is 1.43 bits per heavy atom. The predicted molar refractivity (Wildman–Crippen MR) is 81.2 cm³/mol. The Labute approximate surface area is 123 Å². The molecule has 3 N–H and O–H groups in total. The quantitative estimate of drug-likeness (QED) is 0.824. The van der Waals surface area contributed by atoms with Crippen LogP contribution in [0.15, 0.2) is 18.2 Å². The Kier molecular flexibility index (Phi) is 3.33. The molecule has 0 saturated carbocycles. The molecule has 2 heterocycles. The molecule has 2 unspecified atom stereocenters. The van der Waals surface area contributed by atoms with Crippen LogP contribution in [0.1, 0.15) is 24.9 Å². The molecule has 0 aromatic heterocycles. The third-order valence-electron chi connectivity index (χ3n) is 4.27. The molecule has 1 fully saturated rings. The molecule has 1 aromatic rings. The number of hydrogen-bond donors (Lipinski definition) is 2. The summed E-state index contributed by atoms with van der Waals surface area (Å²) < 4.78 is 0. The summed E-state index contributed by atoms with van der Waals surface area (Å²) in [7, 11) is 1.75. The Balaban J connectivity index is 1.80. The van der Waals surface area contributed by atoms with Gasteiger partial charge in [0.2, 0.25) is 11.8 Å². The molecule has 0 aliphatic carbocycles. The molecule has 0 bridgehead atoms. The third kappa shape index (κ3) is 2.35. The number of carbonyl (C=O) groups is 2. The fourth-order valence-electron chi connectivity index (χ4n) is 3.14. The molecule has 3 rings (SSSR count). The summed E-state index contributed by atoms with van der Waals surface area (Å²) >= 11 is 0. The van der Waals surface area contributed by atoms with Crippen LogP contribution in [-0.4, -0.2) is 38.0 Å². The second-order valence-electron chi connectivity index (χ2n) is 5.75. The lowest BCUT2D eigenvalue weighted by molar-refractivity contribution is -0.120. The maximum atomic E-state index is 11.9. The standard InChI is InChI=1S/C15H20N4O2/c1-9(20)17-10-5-6-19(8-10)11-3-4-12-13(7-11)18(2)15(21)14(12)16/h3-4,7,10,14H,5-6,8,16H2,1-2H3,(H,17,20). The van der Waals surface area contributed by atoms with Gasteiger partial charge in [-0.3, -0.25) is 9.59 Å². The van der Waals surface area contributed by atoms with Gasteiger partial charge < -0.3 is 20.9 Å². The predicted octanol–water partition coefficient (Wildman–Crippen LogP) is 0.378. The van der Waals surface area contributed by atoms with E-state index in [9.17, 15) is 9.59 Å². The van der Waals surface area contributed by atoms with Gasteiger partial charge in [-0.25, -0.2) is 0 Å². The van der Waals surface area contributed by atoms with Gasteiger partial charge in [-0.15, -0.1) is 0 Å². The number of likely N-dealkylation sites (N-methyl/N-ethyl adjacent to an activating group) is 1. The van der Waals surface area contributed by atoms with Gasteiger partial charge in [-0.2, -0.15) is 0 Å². The van der Waals surface area contributed by atoms with Crippen molar-refractivity contribution in [1.29, 1.82) is 0 Å². The second-order valence-corrected chi connectivity index (χ2v) is 5.75. The molecule has 2 atom stereocenters. The van der Waals surface area contributed by atoms with Crippen LogP contribution in [0.5, 0.6) is 0 Å². The SMILES string of the molecule is CC(=O)NC1CCN(c2ccc3c(c2)N(C)C(=O)C3N)C1. The molecule has 0 radical (unpaired) electrons. The first-order valence-corrected chi connectivity index (χ1v) is 7.16. The van der Waals surface area contributed by atoms with Gasteiger partial charge in [0.1, 0.15) is 6.04 Å². The number of benzene rings is 1. The Morgan fingerprint density at radius 2 is 2.19 bits per heavy atom. The minimum absolute atomic E-state index is 0.00658. The summed E-state index contributed by atoms with van der Waals surface area (Å²) in [6.07, 6.45) is 0.935. The minimum Gasteiger partial charge on any atom is -0.369 e. The molecule has 2 aliphatic rings. The van der Waals surface area contributed by atoms with E-state index in [1.165, 1.54) is 0 Å². The fourth-order valence-corrected chi connectivity index (χ4v) is 3.14. The highest BCUT2D eigenvalue weighted by molar-refractivity contribution is 6.04. The summed E-state index contributed by atoms with van der Waals surface area (Å²) in [6, 6.07) is 5.59. The molecule has 1 aromatic carbocycles. The monoisotopic (exact) mass is 288 g/mol. The van der Waals surface area contributed by atoms with Crippen LogP contribution < -0.4 is 20.9 Å². The number of hydrogen-bond acceptors (Lipinski definition) is 4. The molecule has 2 aliphatic heterocycles. The highest BCUT2D eigenvalue weighted by Gasteiger charge is 2.33. The van der Waals surface area contributed by atoms with Crippen molar-refractivity contribution in [1.82, 2.24) is 5.32 Å². The van der Waals surface area contributed by atoms with E-state index in [1.807, 2.05) is 18.2 Å². The van der Waals surface area contributed by atoms with Gasteiger partial charge in [0.15, 0.2) is 0 Å². The number of rotatable bonds is 2.